The number of fused-ring (bicyclic) bond motifs is 1. The Morgan fingerprint density at radius 2 is 1.96 bits per heavy atom. The number of benzene rings is 1. The Labute approximate surface area is 145 Å². The highest BCUT2D eigenvalue weighted by Crippen LogP contribution is 2.30. The first kappa shape index (κ1) is 15.6. The number of hydrogen-bond donors (Lipinski definition) is 2. The number of imidazole rings is 1. The van der Waals surface area contributed by atoms with Gasteiger partial charge in [-0.2, -0.15) is 0 Å². The van der Waals surface area contributed by atoms with Crippen molar-refractivity contribution < 1.29 is 4.74 Å². The minimum atomic E-state index is 0.372. The average molecular weight is 339 g/mol. The molecule has 0 spiro atoms. The third kappa shape index (κ3) is 3.08. The number of nitrogens with one attached hydrogen (secondary N) is 1. The number of aromatic nitrogens is 4. The van der Waals surface area contributed by atoms with Crippen LogP contribution in [-0.2, 0) is 6.54 Å². The van der Waals surface area contributed by atoms with E-state index in [9.17, 15) is 0 Å². The molecule has 3 aromatic rings. The SMILES string of the molecule is COc1c(N)ncnc1N1CCN(Cc2nc3ccccc3[nH]2)CC1. The summed E-state index contributed by atoms with van der Waals surface area (Å²) in [4.78, 5) is 20.9. The maximum atomic E-state index is 5.88. The highest BCUT2D eigenvalue weighted by molar-refractivity contribution is 5.74. The highest BCUT2D eigenvalue weighted by atomic mass is 16.5. The molecule has 0 aliphatic carbocycles. The summed E-state index contributed by atoms with van der Waals surface area (Å²) in [5, 5.41) is 0. The molecule has 8 heteroatoms. The zero-order valence-electron chi connectivity index (χ0n) is 14.1. The van der Waals surface area contributed by atoms with Crippen LogP contribution < -0.4 is 15.4 Å². The van der Waals surface area contributed by atoms with E-state index < -0.39 is 0 Å². The molecular formula is C17H21N7O. The van der Waals surface area contributed by atoms with Gasteiger partial charge in [-0.15, -0.1) is 0 Å². The number of ether oxygens (including phenoxy) is 1. The molecule has 3 N–H and O–H groups in total. The highest BCUT2D eigenvalue weighted by Gasteiger charge is 2.23. The van der Waals surface area contributed by atoms with Gasteiger partial charge >= 0.3 is 0 Å². The molecule has 0 saturated carbocycles. The molecule has 25 heavy (non-hydrogen) atoms. The van der Waals surface area contributed by atoms with Gasteiger partial charge in [0.25, 0.3) is 0 Å². The number of anilines is 2. The Kier molecular flexibility index (Phi) is 4.10. The summed E-state index contributed by atoms with van der Waals surface area (Å²) >= 11 is 0. The first-order valence-corrected chi connectivity index (χ1v) is 8.30. The standard InChI is InChI=1S/C17H21N7O/c1-25-15-16(18)19-11-20-17(15)24-8-6-23(7-9-24)10-14-21-12-4-2-3-5-13(12)22-14/h2-5,11H,6-10H2,1H3,(H,21,22)(H2,18,19,20). The van der Waals surface area contributed by atoms with Gasteiger partial charge in [0.1, 0.15) is 12.2 Å². The molecule has 2 aromatic heterocycles. The number of nitrogens with two attached hydrogens (primary N) is 1. The topological polar surface area (TPSA) is 96.2 Å². The maximum absolute atomic E-state index is 5.88. The van der Waals surface area contributed by atoms with Gasteiger partial charge in [-0.3, -0.25) is 4.90 Å². The third-order valence-electron chi connectivity index (χ3n) is 4.50. The van der Waals surface area contributed by atoms with E-state index in [1.165, 1.54) is 6.33 Å². The number of piperazine rings is 1. The average Bonchev–Trinajstić information content (AvgIpc) is 3.04. The minimum absolute atomic E-state index is 0.372. The largest absolute Gasteiger partial charge is 0.490 e. The normalized spacial score (nSPS) is 15.6. The van der Waals surface area contributed by atoms with E-state index in [0.29, 0.717) is 11.6 Å². The first-order valence-electron chi connectivity index (χ1n) is 8.30. The van der Waals surface area contributed by atoms with Gasteiger partial charge in [0, 0.05) is 26.2 Å². The fourth-order valence-corrected chi connectivity index (χ4v) is 3.21. The van der Waals surface area contributed by atoms with Crippen LogP contribution in [0.15, 0.2) is 30.6 Å². The summed E-state index contributed by atoms with van der Waals surface area (Å²) in [5.74, 6) is 2.68. The lowest BCUT2D eigenvalue weighted by molar-refractivity contribution is 0.243. The smallest absolute Gasteiger partial charge is 0.204 e. The van der Waals surface area contributed by atoms with Gasteiger partial charge in [0.05, 0.1) is 24.7 Å². The van der Waals surface area contributed by atoms with Crippen LogP contribution in [0, 0.1) is 0 Å². The summed E-state index contributed by atoms with van der Waals surface area (Å²) in [6, 6.07) is 8.10. The molecule has 0 radical (unpaired) electrons. The lowest BCUT2D eigenvalue weighted by Crippen LogP contribution is -2.46. The van der Waals surface area contributed by atoms with Crippen molar-refractivity contribution in [2.24, 2.45) is 0 Å². The Bertz CT molecular complexity index is 837. The van der Waals surface area contributed by atoms with Crippen molar-refractivity contribution in [3.8, 4) is 5.75 Å². The van der Waals surface area contributed by atoms with Crippen molar-refractivity contribution in [2.75, 3.05) is 43.9 Å². The summed E-state index contributed by atoms with van der Waals surface area (Å²) in [6.45, 7) is 4.36. The van der Waals surface area contributed by atoms with E-state index in [1.807, 2.05) is 18.2 Å². The van der Waals surface area contributed by atoms with Crippen LogP contribution in [0.5, 0.6) is 5.75 Å². The van der Waals surface area contributed by atoms with E-state index >= 15 is 0 Å². The molecule has 1 aliphatic rings. The molecule has 1 aromatic carbocycles. The number of nitrogen functional groups attached to an aromatic ring is 1. The monoisotopic (exact) mass is 339 g/mol. The summed E-state index contributed by atoms with van der Waals surface area (Å²) in [6.07, 6.45) is 1.48. The third-order valence-corrected chi connectivity index (χ3v) is 4.50. The lowest BCUT2D eigenvalue weighted by atomic mass is 10.3. The number of para-hydroxylation sites is 2. The number of H-pyrrole nitrogens is 1. The Morgan fingerprint density at radius 3 is 2.72 bits per heavy atom. The van der Waals surface area contributed by atoms with Gasteiger partial charge in [-0.05, 0) is 12.1 Å². The molecule has 130 valence electrons. The Hall–Kier alpha value is -2.87. The van der Waals surface area contributed by atoms with E-state index in [4.69, 9.17) is 10.5 Å². The van der Waals surface area contributed by atoms with Crippen LogP contribution in [0.1, 0.15) is 5.82 Å². The molecule has 1 fully saturated rings. The van der Waals surface area contributed by atoms with Crippen LogP contribution in [0.4, 0.5) is 11.6 Å². The van der Waals surface area contributed by atoms with Gasteiger partial charge in [-0.25, -0.2) is 15.0 Å². The van der Waals surface area contributed by atoms with Gasteiger partial charge < -0.3 is 20.4 Å². The Balaban J connectivity index is 1.42. The van der Waals surface area contributed by atoms with Gasteiger partial charge in [0.2, 0.25) is 5.75 Å². The number of nitrogens with zero attached hydrogens (tertiary/aromatic N) is 5. The fraction of sp³-hybridized carbons (Fsp3) is 0.353. The zero-order valence-corrected chi connectivity index (χ0v) is 14.1. The van der Waals surface area contributed by atoms with E-state index in [0.717, 1.165) is 55.4 Å². The summed E-state index contributed by atoms with van der Waals surface area (Å²) in [7, 11) is 1.59. The van der Waals surface area contributed by atoms with E-state index in [-0.39, 0.29) is 0 Å². The zero-order chi connectivity index (χ0) is 17.2. The van der Waals surface area contributed by atoms with Crippen LogP contribution in [0.3, 0.4) is 0 Å². The molecule has 3 heterocycles. The van der Waals surface area contributed by atoms with E-state index in [2.05, 4.69) is 35.8 Å². The van der Waals surface area contributed by atoms with Crippen molar-refractivity contribution in [3.63, 3.8) is 0 Å². The molecule has 1 saturated heterocycles. The maximum Gasteiger partial charge on any atom is 0.204 e. The molecule has 0 atom stereocenters. The Morgan fingerprint density at radius 1 is 1.16 bits per heavy atom. The predicted molar refractivity (Wildman–Crippen MR) is 96.6 cm³/mol. The molecule has 1 aliphatic heterocycles. The van der Waals surface area contributed by atoms with Crippen molar-refractivity contribution >= 4 is 22.7 Å². The van der Waals surface area contributed by atoms with Crippen molar-refractivity contribution in [1.82, 2.24) is 24.8 Å². The summed E-state index contributed by atoms with van der Waals surface area (Å²) in [5.41, 5.74) is 7.97. The molecular weight excluding hydrogens is 318 g/mol. The first-order chi connectivity index (χ1) is 12.2. The van der Waals surface area contributed by atoms with Crippen LogP contribution in [0.25, 0.3) is 11.0 Å². The second-order valence-corrected chi connectivity index (χ2v) is 6.08. The van der Waals surface area contributed by atoms with Crippen LogP contribution >= 0.6 is 0 Å². The van der Waals surface area contributed by atoms with Crippen molar-refractivity contribution in [3.05, 3.63) is 36.4 Å². The minimum Gasteiger partial charge on any atom is -0.490 e. The number of rotatable bonds is 4. The lowest BCUT2D eigenvalue weighted by Gasteiger charge is -2.35. The fourth-order valence-electron chi connectivity index (χ4n) is 3.21. The van der Waals surface area contributed by atoms with Crippen LogP contribution in [0.2, 0.25) is 0 Å². The predicted octanol–water partition coefficient (Wildman–Crippen LogP) is 1.27. The van der Waals surface area contributed by atoms with Gasteiger partial charge in [-0.1, -0.05) is 12.1 Å². The van der Waals surface area contributed by atoms with Gasteiger partial charge in [0.15, 0.2) is 11.6 Å². The van der Waals surface area contributed by atoms with Crippen molar-refractivity contribution in [1.29, 1.82) is 0 Å². The molecule has 8 nitrogen and oxygen atoms in total. The molecule has 0 bridgehead atoms. The molecule has 0 unspecified atom stereocenters. The van der Waals surface area contributed by atoms with Crippen molar-refractivity contribution in [2.45, 2.75) is 6.54 Å². The quantitative estimate of drug-likeness (QED) is 0.739. The summed E-state index contributed by atoms with van der Waals surface area (Å²) < 4.78 is 5.37. The van der Waals surface area contributed by atoms with E-state index in [1.54, 1.807) is 7.11 Å². The second-order valence-electron chi connectivity index (χ2n) is 6.08. The number of hydrogen-bond acceptors (Lipinski definition) is 7. The number of aromatic amines is 1. The molecule has 0 amide bonds. The van der Waals surface area contributed by atoms with Crippen LogP contribution in [-0.4, -0.2) is 58.1 Å². The molecule has 4 rings (SSSR count). The second kappa shape index (κ2) is 6.56. The number of methoxy groups -OCH3 is 1.